The van der Waals surface area contributed by atoms with Gasteiger partial charge in [0.2, 0.25) is 0 Å². The Kier molecular flexibility index (Phi) is 3.79. The van der Waals surface area contributed by atoms with E-state index in [9.17, 15) is 4.91 Å². The molecule has 7 heteroatoms. The molecule has 1 N–H and O–H groups in total. The fourth-order valence-electron chi connectivity index (χ4n) is 1.79. The Morgan fingerprint density at radius 2 is 2.44 bits per heavy atom. The van der Waals surface area contributed by atoms with Crippen LogP contribution in [0.25, 0.3) is 0 Å². The monoisotopic (exact) mass is 256 g/mol. The minimum atomic E-state index is 0.756. The maximum absolute atomic E-state index is 10.2. The molecule has 0 unspecified atom stereocenters. The number of nitroso groups, excluding NO2 is 1. The summed E-state index contributed by atoms with van der Waals surface area (Å²) < 4.78 is 0.777. The molecule has 0 spiro atoms. The van der Waals surface area contributed by atoms with Gasteiger partial charge >= 0.3 is 0 Å². The van der Waals surface area contributed by atoms with Crippen LogP contribution in [-0.2, 0) is 6.54 Å². The molecule has 1 aromatic rings. The second kappa shape index (κ2) is 5.31. The Labute approximate surface area is 102 Å². The van der Waals surface area contributed by atoms with Crippen LogP contribution in [0, 0.1) is 8.86 Å². The molecule has 0 radical (unpaired) electrons. The highest BCUT2D eigenvalue weighted by Crippen LogP contribution is 2.18. The third-order valence-corrected chi connectivity index (χ3v) is 3.70. The molecular weight excluding hydrogens is 244 g/mol. The molecule has 86 valence electrons. The highest BCUT2D eigenvalue weighted by Gasteiger charge is 2.17. The van der Waals surface area contributed by atoms with Gasteiger partial charge in [-0.15, -0.1) is 16.2 Å². The second-order valence-corrected chi connectivity index (χ2v) is 5.42. The molecule has 1 fully saturated rings. The smallest absolute Gasteiger partial charge is 0.158 e. The van der Waals surface area contributed by atoms with E-state index in [1.807, 2.05) is 6.20 Å². The van der Waals surface area contributed by atoms with Gasteiger partial charge in [0.1, 0.15) is 5.84 Å². The summed E-state index contributed by atoms with van der Waals surface area (Å²) in [4.78, 5) is 16.4. The zero-order valence-electron chi connectivity index (χ0n) is 8.68. The molecule has 0 amide bonds. The van der Waals surface area contributed by atoms with Crippen LogP contribution in [0.4, 0.5) is 0 Å². The number of H-pyrrole nitrogens is 1. The fourth-order valence-corrected chi connectivity index (χ4v) is 2.86. The lowest BCUT2D eigenvalue weighted by molar-refractivity contribution is 0.365. The molecule has 0 aromatic carbocycles. The van der Waals surface area contributed by atoms with E-state index in [2.05, 4.69) is 20.3 Å². The SMILES string of the molecule is O=N/N=C1\CCCCN1Cc1c[nH]c(=S)s1. The predicted octanol–water partition coefficient (Wildman–Crippen LogP) is 2.87. The molecule has 5 nitrogen and oxygen atoms in total. The predicted molar refractivity (Wildman–Crippen MR) is 67.0 cm³/mol. The Morgan fingerprint density at radius 1 is 1.56 bits per heavy atom. The fraction of sp³-hybridized carbons (Fsp3) is 0.556. The average Bonchev–Trinajstić information content (AvgIpc) is 2.67. The second-order valence-electron chi connectivity index (χ2n) is 3.62. The Hall–Kier alpha value is -1.08. The van der Waals surface area contributed by atoms with Crippen LogP contribution < -0.4 is 0 Å². The lowest BCUT2D eigenvalue weighted by atomic mass is 10.1. The largest absolute Gasteiger partial charge is 0.353 e. The summed E-state index contributed by atoms with van der Waals surface area (Å²) in [5.41, 5.74) is 0. The van der Waals surface area contributed by atoms with Crippen molar-refractivity contribution in [1.82, 2.24) is 9.88 Å². The molecule has 0 atom stereocenters. The van der Waals surface area contributed by atoms with Gasteiger partial charge in [0.05, 0.1) is 11.8 Å². The summed E-state index contributed by atoms with van der Waals surface area (Å²) in [6, 6.07) is 0. The van der Waals surface area contributed by atoms with Crippen molar-refractivity contribution in [3.05, 3.63) is 19.9 Å². The minimum Gasteiger partial charge on any atom is -0.353 e. The van der Waals surface area contributed by atoms with Gasteiger partial charge in [0, 0.05) is 24.0 Å². The zero-order chi connectivity index (χ0) is 11.4. The quantitative estimate of drug-likeness (QED) is 0.514. The van der Waals surface area contributed by atoms with E-state index in [4.69, 9.17) is 12.2 Å². The van der Waals surface area contributed by atoms with Crippen molar-refractivity contribution in [3.8, 4) is 0 Å². The van der Waals surface area contributed by atoms with Crippen LogP contribution in [-0.4, -0.2) is 22.3 Å². The van der Waals surface area contributed by atoms with E-state index in [1.165, 1.54) is 0 Å². The maximum Gasteiger partial charge on any atom is 0.158 e. The Morgan fingerprint density at radius 3 is 3.12 bits per heavy atom. The van der Waals surface area contributed by atoms with Crippen LogP contribution in [0.5, 0.6) is 0 Å². The molecule has 1 saturated heterocycles. The number of rotatable bonds is 3. The Balaban J connectivity index is 2.09. The third kappa shape index (κ3) is 2.73. The third-order valence-electron chi connectivity index (χ3n) is 2.52. The van der Waals surface area contributed by atoms with Gasteiger partial charge in [-0.3, -0.25) is 0 Å². The normalized spacial score (nSPS) is 19.0. The van der Waals surface area contributed by atoms with Crippen LogP contribution in [0.3, 0.4) is 0 Å². The summed E-state index contributed by atoms with van der Waals surface area (Å²) in [5, 5.41) is 6.28. The lowest BCUT2D eigenvalue weighted by Crippen LogP contribution is -2.34. The van der Waals surface area contributed by atoms with E-state index < -0.39 is 0 Å². The number of piperidine rings is 1. The highest BCUT2D eigenvalue weighted by molar-refractivity contribution is 7.73. The number of hydrogen-bond donors (Lipinski definition) is 1. The van der Waals surface area contributed by atoms with Gasteiger partial charge in [-0.05, 0) is 25.1 Å². The number of nitrogens with one attached hydrogen (secondary N) is 1. The van der Waals surface area contributed by atoms with Crippen LogP contribution in [0.2, 0.25) is 0 Å². The molecule has 2 heterocycles. The van der Waals surface area contributed by atoms with Crippen LogP contribution >= 0.6 is 23.6 Å². The van der Waals surface area contributed by atoms with Gasteiger partial charge in [0.25, 0.3) is 0 Å². The summed E-state index contributed by atoms with van der Waals surface area (Å²) in [6.45, 7) is 1.69. The lowest BCUT2D eigenvalue weighted by Gasteiger charge is -2.28. The molecule has 0 aliphatic carbocycles. The van der Waals surface area contributed by atoms with Crippen molar-refractivity contribution in [1.29, 1.82) is 0 Å². The molecule has 2 rings (SSSR count). The van der Waals surface area contributed by atoms with E-state index in [0.29, 0.717) is 0 Å². The number of aromatic amines is 1. The van der Waals surface area contributed by atoms with Crippen LogP contribution in [0.1, 0.15) is 24.1 Å². The molecule has 0 bridgehead atoms. The average molecular weight is 256 g/mol. The molecule has 0 saturated carbocycles. The van der Waals surface area contributed by atoms with Gasteiger partial charge < -0.3 is 9.88 Å². The highest BCUT2D eigenvalue weighted by atomic mass is 32.1. The van der Waals surface area contributed by atoms with E-state index in [0.717, 1.165) is 47.0 Å². The van der Waals surface area contributed by atoms with E-state index in [1.54, 1.807) is 11.3 Å². The summed E-state index contributed by atoms with van der Waals surface area (Å²) in [6.07, 6.45) is 4.95. The van der Waals surface area contributed by atoms with Crippen LogP contribution in [0.15, 0.2) is 16.6 Å². The number of nitrogens with zero attached hydrogens (tertiary/aromatic N) is 3. The van der Waals surface area contributed by atoms with E-state index in [-0.39, 0.29) is 0 Å². The molecule has 1 aliphatic rings. The molecule has 16 heavy (non-hydrogen) atoms. The zero-order valence-corrected chi connectivity index (χ0v) is 10.3. The van der Waals surface area contributed by atoms with Crippen molar-refractivity contribution >= 4 is 29.4 Å². The van der Waals surface area contributed by atoms with Gasteiger partial charge in [-0.1, -0.05) is 5.10 Å². The number of thiazole rings is 1. The van der Waals surface area contributed by atoms with Crippen molar-refractivity contribution in [2.75, 3.05) is 6.54 Å². The first kappa shape index (κ1) is 11.4. The van der Waals surface area contributed by atoms with Crippen molar-refractivity contribution in [3.63, 3.8) is 0 Å². The minimum absolute atomic E-state index is 0.756. The van der Waals surface area contributed by atoms with Gasteiger partial charge in [0.15, 0.2) is 3.95 Å². The number of amidine groups is 1. The molecule has 1 aliphatic heterocycles. The van der Waals surface area contributed by atoms with E-state index >= 15 is 0 Å². The first-order chi connectivity index (χ1) is 7.79. The summed E-state index contributed by atoms with van der Waals surface area (Å²) in [5.74, 6) is 0.792. The van der Waals surface area contributed by atoms with Crippen molar-refractivity contribution < 1.29 is 0 Å². The molecule has 1 aromatic heterocycles. The van der Waals surface area contributed by atoms with Gasteiger partial charge in [-0.25, -0.2) is 0 Å². The Bertz CT molecular complexity index is 450. The summed E-state index contributed by atoms with van der Waals surface area (Å²) in [7, 11) is 0. The first-order valence-corrected chi connectivity index (χ1v) is 6.33. The first-order valence-electron chi connectivity index (χ1n) is 5.11. The number of likely N-dealkylation sites (tertiary alicyclic amines) is 1. The number of aromatic nitrogens is 1. The topological polar surface area (TPSA) is 60.8 Å². The van der Waals surface area contributed by atoms with Gasteiger partial charge in [-0.2, -0.15) is 0 Å². The summed E-state index contributed by atoms with van der Waals surface area (Å²) >= 11 is 6.58. The number of hydrogen-bond acceptors (Lipinski definition) is 4. The maximum atomic E-state index is 10.2. The standard InChI is InChI=1S/C9H12N4OS2/c14-12-11-8-3-1-2-4-13(8)6-7-5-10-9(15)16-7/h5H,1-4,6H2,(H,10,15)/b11-8+. The molecular formula is C9H12N4OS2. The van der Waals surface area contributed by atoms with Crippen molar-refractivity contribution in [2.45, 2.75) is 25.8 Å². The van der Waals surface area contributed by atoms with Crippen molar-refractivity contribution in [2.24, 2.45) is 10.4 Å².